The predicted molar refractivity (Wildman–Crippen MR) is 178 cm³/mol. The third-order valence-corrected chi connectivity index (χ3v) is 10.7. The number of hydrogen-bond donors (Lipinski definition) is 17. The summed E-state index contributed by atoms with van der Waals surface area (Å²) < 4.78 is 50.4. The molecule has 344 valence electrons. The lowest BCUT2D eigenvalue weighted by molar-refractivity contribution is -0.383. The Morgan fingerprint density at radius 2 is 0.881 bits per heavy atom. The van der Waals surface area contributed by atoms with Crippen molar-refractivity contribution in [1.82, 2.24) is 5.32 Å². The number of hydrogen-bond acceptors (Lipinski definition) is 26. The van der Waals surface area contributed by atoms with Crippen molar-refractivity contribution in [2.24, 2.45) is 0 Å². The van der Waals surface area contributed by atoms with Crippen LogP contribution in [0, 0.1) is 0 Å². The normalized spacial score (nSPS) is 51.0. The van der Waals surface area contributed by atoms with Crippen LogP contribution in [-0.4, -0.2) is 274 Å². The summed E-state index contributed by atoms with van der Waals surface area (Å²) in [5.41, 5.74) is 0. The van der Waals surface area contributed by atoms with E-state index in [-0.39, 0.29) is 0 Å². The Balaban J connectivity index is 1.44. The first-order valence-electron chi connectivity index (χ1n) is 18.6. The van der Waals surface area contributed by atoms with Crippen LogP contribution in [0.4, 0.5) is 0 Å². The van der Waals surface area contributed by atoms with Gasteiger partial charge >= 0.3 is 0 Å². The van der Waals surface area contributed by atoms with Crippen molar-refractivity contribution in [2.75, 3.05) is 33.0 Å². The van der Waals surface area contributed by atoms with Crippen LogP contribution in [0.15, 0.2) is 0 Å². The van der Waals surface area contributed by atoms with Crippen LogP contribution in [0.2, 0.25) is 0 Å². The average molecular weight is 870 g/mol. The summed E-state index contributed by atoms with van der Waals surface area (Å²) in [5.74, 6) is -0.835. The minimum Gasteiger partial charge on any atom is -0.394 e. The van der Waals surface area contributed by atoms with E-state index in [1.165, 1.54) is 0 Å². The summed E-state index contributed by atoms with van der Waals surface area (Å²) in [5, 5.41) is 169. The summed E-state index contributed by atoms with van der Waals surface area (Å²) in [7, 11) is 0. The Kier molecular flexibility index (Phi) is 17.1. The highest BCUT2D eigenvalue weighted by Gasteiger charge is 2.56. The van der Waals surface area contributed by atoms with Gasteiger partial charge in [-0.3, -0.25) is 4.79 Å². The molecule has 5 fully saturated rings. The zero-order valence-corrected chi connectivity index (χ0v) is 31.2. The van der Waals surface area contributed by atoms with Crippen LogP contribution in [0.3, 0.4) is 0 Å². The maximum absolute atomic E-state index is 12.5. The van der Waals surface area contributed by atoms with Gasteiger partial charge in [-0.2, -0.15) is 0 Å². The van der Waals surface area contributed by atoms with Crippen molar-refractivity contribution in [3.63, 3.8) is 0 Å². The van der Waals surface area contributed by atoms with E-state index in [9.17, 15) is 86.5 Å². The molecule has 1 amide bonds. The van der Waals surface area contributed by atoms with E-state index in [0.717, 1.165) is 6.92 Å². The molecule has 0 unspecified atom stereocenters. The Morgan fingerprint density at radius 3 is 1.41 bits per heavy atom. The van der Waals surface area contributed by atoms with Gasteiger partial charge in [0.25, 0.3) is 0 Å². The van der Waals surface area contributed by atoms with Gasteiger partial charge in [0, 0.05) is 6.92 Å². The van der Waals surface area contributed by atoms with Crippen LogP contribution < -0.4 is 5.32 Å². The zero-order chi connectivity index (χ0) is 43.6. The number of nitrogens with one attached hydrogen (secondary N) is 1. The van der Waals surface area contributed by atoms with E-state index in [2.05, 4.69) is 5.32 Å². The highest BCUT2D eigenvalue weighted by atomic mass is 16.8. The predicted octanol–water partition coefficient (Wildman–Crippen LogP) is -11.8. The van der Waals surface area contributed by atoms with Gasteiger partial charge in [0.05, 0.1) is 33.0 Å². The summed E-state index contributed by atoms with van der Waals surface area (Å²) in [6.45, 7) is -3.41. The van der Waals surface area contributed by atoms with Gasteiger partial charge in [-0.15, -0.1) is 0 Å². The number of carbonyl (C=O) groups excluding carboxylic acids is 1. The van der Waals surface area contributed by atoms with E-state index >= 15 is 0 Å². The standard InChI is InChI=1S/C32H55NO26/c1-7(38)33-13-17(42)26(58-31-23(48)19(44)15(40)9(3-35)54-31)12(6-51-30-22(47)18(43)14(39)8(2-34)53-30)56-29(13)59-27-16(41)10(4-36)55-32(24(27)49)57-25-11(5-37)52-28(50)21(46)20(25)45/h8-32,34-37,39-50H,2-6H2,1H3,(H,33,38)/t8-,9-,10-,11-,12-,13-,14-,15+,16+,17-,18+,19+,20-,21-,22-,23-,24-,25-,26-,27+,28-,29+,30-,31+,32+/m1/s1. The van der Waals surface area contributed by atoms with Gasteiger partial charge in [0.15, 0.2) is 31.5 Å². The van der Waals surface area contributed by atoms with E-state index in [1.54, 1.807) is 0 Å². The molecule has 0 saturated carbocycles. The Hall–Kier alpha value is -1.53. The quantitative estimate of drug-likeness (QED) is 0.0770. The topological polar surface area (TPSA) is 436 Å². The molecule has 5 aliphatic rings. The van der Waals surface area contributed by atoms with Gasteiger partial charge in [-0.1, -0.05) is 0 Å². The minimum absolute atomic E-state index is 0.835. The van der Waals surface area contributed by atoms with Crippen LogP contribution in [0.5, 0.6) is 0 Å². The van der Waals surface area contributed by atoms with Gasteiger partial charge in [0.2, 0.25) is 5.91 Å². The van der Waals surface area contributed by atoms with Crippen molar-refractivity contribution >= 4 is 5.91 Å². The van der Waals surface area contributed by atoms with Crippen molar-refractivity contribution in [3.05, 3.63) is 0 Å². The maximum Gasteiger partial charge on any atom is 0.217 e. The summed E-state index contributed by atoms with van der Waals surface area (Å²) in [6.07, 6.45) is -44.5. The molecule has 5 heterocycles. The molecule has 5 rings (SSSR count). The molecule has 5 saturated heterocycles. The molecule has 0 radical (unpaired) electrons. The van der Waals surface area contributed by atoms with Gasteiger partial charge in [-0.25, -0.2) is 0 Å². The number of aliphatic hydroxyl groups is 16. The van der Waals surface area contributed by atoms with E-state index < -0.39 is 192 Å². The molecule has 0 bridgehead atoms. The van der Waals surface area contributed by atoms with E-state index in [4.69, 9.17) is 42.6 Å². The lowest BCUT2D eigenvalue weighted by Gasteiger charge is -2.50. The van der Waals surface area contributed by atoms with Crippen LogP contribution in [0.1, 0.15) is 6.92 Å². The van der Waals surface area contributed by atoms with Crippen molar-refractivity contribution in [1.29, 1.82) is 0 Å². The molecular formula is C32H55NO26. The number of carbonyl (C=O) groups is 1. The molecule has 17 N–H and O–H groups in total. The number of ether oxygens (including phenoxy) is 9. The lowest BCUT2D eigenvalue weighted by Crippen LogP contribution is -2.70. The average Bonchev–Trinajstić information content (AvgIpc) is 3.21. The number of amides is 1. The minimum atomic E-state index is -2.13. The Labute approximate surface area is 333 Å². The molecule has 59 heavy (non-hydrogen) atoms. The molecule has 0 aromatic heterocycles. The third kappa shape index (κ3) is 10.3. The molecule has 0 aliphatic carbocycles. The van der Waals surface area contributed by atoms with Crippen LogP contribution in [0.25, 0.3) is 0 Å². The Morgan fingerprint density at radius 1 is 0.441 bits per heavy atom. The summed E-state index contributed by atoms with van der Waals surface area (Å²) >= 11 is 0. The second-order valence-corrected chi connectivity index (χ2v) is 14.7. The van der Waals surface area contributed by atoms with Crippen LogP contribution >= 0.6 is 0 Å². The largest absolute Gasteiger partial charge is 0.394 e. The lowest BCUT2D eigenvalue weighted by atomic mass is 9.94. The summed E-state index contributed by atoms with van der Waals surface area (Å²) in [4.78, 5) is 12.5. The van der Waals surface area contributed by atoms with Crippen molar-refractivity contribution < 1.29 is 129 Å². The fraction of sp³-hybridized carbons (Fsp3) is 0.969. The highest BCUT2D eigenvalue weighted by Crippen LogP contribution is 2.35. The Bertz CT molecular complexity index is 1320. The second-order valence-electron chi connectivity index (χ2n) is 14.7. The molecular weight excluding hydrogens is 814 g/mol. The van der Waals surface area contributed by atoms with Gasteiger partial charge in [0.1, 0.15) is 122 Å². The van der Waals surface area contributed by atoms with Crippen molar-refractivity contribution in [2.45, 2.75) is 160 Å². The fourth-order valence-electron chi connectivity index (χ4n) is 7.33. The molecule has 25 atom stereocenters. The smallest absolute Gasteiger partial charge is 0.217 e. The first kappa shape index (κ1) is 48.5. The number of aliphatic hydroxyl groups excluding tert-OH is 16. The first-order chi connectivity index (χ1) is 27.9. The molecule has 0 spiro atoms. The molecule has 27 nitrogen and oxygen atoms in total. The maximum atomic E-state index is 12.5. The molecule has 5 aliphatic heterocycles. The second kappa shape index (κ2) is 20.8. The molecule has 27 heteroatoms. The zero-order valence-electron chi connectivity index (χ0n) is 31.2. The van der Waals surface area contributed by atoms with E-state index in [1.807, 2.05) is 0 Å². The molecule has 0 aromatic carbocycles. The SMILES string of the molecule is CC(=O)N[C@H]1[C@H](O[C@H]2[C@@H](O)[C@@H](CO)O[C@@H](O[C@H]3[C@H](O)[C@@H](O)[C@H](O)O[C@@H]3CO)[C@@H]2O)O[C@H](CO[C@@H]2O[C@H](CO)[C@@H](O)[C@H](O)[C@H]2O)[C@@H](O[C@@H]2O[C@H](CO)[C@H](O)[C@H](O)[C@H]2O)[C@@H]1O. The monoisotopic (exact) mass is 869 g/mol. The summed E-state index contributed by atoms with van der Waals surface area (Å²) in [6, 6.07) is -1.76. The third-order valence-electron chi connectivity index (χ3n) is 10.7. The van der Waals surface area contributed by atoms with Gasteiger partial charge in [-0.05, 0) is 0 Å². The van der Waals surface area contributed by atoms with E-state index in [0.29, 0.717) is 0 Å². The van der Waals surface area contributed by atoms with Crippen LogP contribution in [-0.2, 0) is 47.4 Å². The van der Waals surface area contributed by atoms with Crippen molar-refractivity contribution in [3.8, 4) is 0 Å². The highest BCUT2D eigenvalue weighted by molar-refractivity contribution is 5.73. The number of rotatable bonds is 14. The molecule has 0 aromatic rings. The fourth-order valence-corrected chi connectivity index (χ4v) is 7.33. The van der Waals surface area contributed by atoms with Gasteiger partial charge < -0.3 is 130 Å². The first-order valence-corrected chi connectivity index (χ1v) is 18.6.